The van der Waals surface area contributed by atoms with Crippen LogP contribution in [0.5, 0.6) is 5.75 Å². The van der Waals surface area contributed by atoms with Crippen LogP contribution in [-0.2, 0) is 16.6 Å². The number of hydrogen-bond acceptors (Lipinski definition) is 5. The van der Waals surface area contributed by atoms with Crippen LogP contribution in [0.15, 0.2) is 47.5 Å². The van der Waals surface area contributed by atoms with Crippen molar-refractivity contribution in [3.63, 3.8) is 0 Å². The van der Waals surface area contributed by atoms with E-state index in [1.807, 2.05) is 50.1 Å². The molecule has 136 valence electrons. The molecule has 7 heteroatoms. The normalized spacial score (nSPS) is 11.6. The zero-order chi connectivity index (χ0) is 18.4. The minimum atomic E-state index is -3.47. The number of anilines is 1. The first-order chi connectivity index (χ1) is 11.9. The topological polar surface area (TPSA) is 62.7 Å². The first kappa shape index (κ1) is 19.2. The molecule has 1 aromatic heterocycles. The number of aromatic nitrogens is 1. The van der Waals surface area contributed by atoms with E-state index in [2.05, 4.69) is 4.98 Å². The predicted octanol–water partition coefficient (Wildman–Crippen LogP) is 2.76. The van der Waals surface area contributed by atoms with Crippen molar-refractivity contribution in [2.45, 2.75) is 25.3 Å². The van der Waals surface area contributed by atoms with Gasteiger partial charge in [0, 0.05) is 32.9 Å². The molecule has 1 heterocycles. The Morgan fingerprint density at radius 1 is 1.04 bits per heavy atom. The number of benzene rings is 1. The van der Waals surface area contributed by atoms with E-state index in [1.54, 1.807) is 19.2 Å². The number of methoxy groups -OCH3 is 1. The predicted molar refractivity (Wildman–Crippen MR) is 99.4 cm³/mol. The minimum absolute atomic E-state index is 0.220. The molecular formula is C18H25N3O3S. The maximum atomic E-state index is 12.5. The SMILES string of the molecule is CCN(CC)S(=O)(=O)c1ccc(N(C)Cc2ccc(OC)cc2)nc1. The van der Waals surface area contributed by atoms with Gasteiger partial charge in [0.15, 0.2) is 0 Å². The number of rotatable bonds is 8. The van der Waals surface area contributed by atoms with E-state index in [-0.39, 0.29) is 4.90 Å². The van der Waals surface area contributed by atoms with Crippen LogP contribution in [0.3, 0.4) is 0 Å². The smallest absolute Gasteiger partial charge is 0.244 e. The molecule has 1 aromatic carbocycles. The maximum Gasteiger partial charge on any atom is 0.244 e. The third-order valence-electron chi connectivity index (χ3n) is 4.03. The van der Waals surface area contributed by atoms with Crippen LogP contribution < -0.4 is 9.64 Å². The fraction of sp³-hybridized carbons (Fsp3) is 0.389. The quantitative estimate of drug-likeness (QED) is 0.722. The lowest BCUT2D eigenvalue weighted by Crippen LogP contribution is -2.30. The van der Waals surface area contributed by atoms with Gasteiger partial charge in [-0.05, 0) is 29.8 Å². The Morgan fingerprint density at radius 2 is 1.68 bits per heavy atom. The van der Waals surface area contributed by atoms with Crippen molar-refractivity contribution in [1.29, 1.82) is 0 Å². The zero-order valence-corrected chi connectivity index (χ0v) is 16.0. The molecule has 2 rings (SSSR count). The Balaban J connectivity index is 2.13. The summed E-state index contributed by atoms with van der Waals surface area (Å²) >= 11 is 0. The molecule has 0 saturated carbocycles. The van der Waals surface area contributed by atoms with Crippen LogP contribution in [-0.4, -0.2) is 45.0 Å². The van der Waals surface area contributed by atoms with Gasteiger partial charge in [-0.1, -0.05) is 26.0 Å². The van der Waals surface area contributed by atoms with Crippen molar-refractivity contribution < 1.29 is 13.2 Å². The number of hydrogen-bond donors (Lipinski definition) is 0. The minimum Gasteiger partial charge on any atom is -0.497 e. The van der Waals surface area contributed by atoms with E-state index in [1.165, 1.54) is 10.5 Å². The van der Waals surface area contributed by atoms with Gasteiger partial charge in [0.1, 0.15) is 16.5 Å². The molecule has 0 atom stereocenters. The number of sulfonamides is 1. The van der Waals surface area contributed by atoms with Crippen LogP contribution in [0.25, 0.3) is 0 Å². The molecule has 0 aliphatic rings. The standard InChI is InChI=1S/C18H25N3O3S/c1-5-21(6-2)25(22,23)17-11-12-18(19-13-17)20(3)14-15-7-9-16(24-4)10-8-15/h7-13H,5-6,14H2,1-4H3. The van der Waals surface area contributed by atoms with Gasteiger partial charge in [-0.25, -0.2) is 13.4 Å². The summed E-state index contributed by atoms with van der Waals surface area (Å²) in [5.41, 5.74) is 1.12. The highest BCUT2D eigenvalue weighted by Gasteiger charge is 2.22. The fourth-order valence-corrected chi connectivity index (χ4v) is 3.95. The lowest BCUT2D eigenvalue weighted by atomic mass is 10.2. The molecule has 0 aliphatic heterocycles. The zero-order valence-electron chi connectivity index (χ0n) is 15.1. The van der Waals surface area contributed by atoms with E-state index < -0.39 is 10.0 Å². The summed E-state index contributed by atoms with van der Waals surface area (Å²) in [6.45, 7) is 5.20. The lowest BCUT2D eigenvalue weighted by molar-refractivity contribution is 0.414. The molecule has 0 radical (unpaired) electrons. The Bertz CT molecular complexity index is 770. The monoisotopic (exact) mass is 363 g/mol. The van der Waals surface area contributed by atoms with E-state index in [4.69, 9.17) is 4.74 Å². The van der Waals surface area contributed by atoms with Gasteiger partial charge in [-0.3, -0.25) is 0 Å². The second-order valence-electron chi connectivity index (χ2n) is 5.65. The Morgan fingerprint density at radius 3 is 2.16 bits per heavy atom. The Hall–Kier alpha value is -2.12. The van der Waals surface area contributed by atoms with Gasteiger partial charge in [-0.15, -0.1) is 0 Å². The first-order valence-corrected chi connectivity index (χ1v) is 9.66. The van der Waals surface area contributed by atoms with E-state index in [9.17, 15) is 8.42 Å². The number of pyridine rings is 1. The summed E-state index contributed by atoms with van der Waals surface area (Å²) in [6.07, 6.45) is 1.42. The number of ether oxygens (including phenoxy) is 1. The van der Waals surface area contributed by atoms with Gasteiger partial charge in [0.2, 0.25) is 10.0 Å². The largest absolute Gasteiger partial charge is 0.497 e. The van der Waals surface area contributed by atoms with Gasteiger partial charge in [0.25, 0.3) is 0 Å². The second-order valence-corrected chi connectivity index (χ2v) is 7.58. The van der Waals surface area contributed by atoms with Crippen molar-refractivity contribution in [1.82, 2.24) is 9.29 Å². The summed E-state index contributed by atoms with van der Waals surface area (Å²) in [7, 11) is 0.0877. The first-order valence-electron chi connectivity index (χ1n) is 8.22. The fourth-order valence-electron chi connectivity index (χ4n) is 2.55. The van der Waals surface area contributed by atoms with Crippen molar-refractivity contribution in [2.75, 3.05) is 32.1 Å². The average molecular weight is 363 g/mol. The summed E-state index contributed by atoms with van der Waals surface area (Å²) < 4.78 is 31.6. The van der Waals surface area contributed by atoms with Gasteiger partial charge < -0.3 is 9.64 Å². The summed E-state index contributed by atoms with van der Waals surface area (Å²) in [6, 6.07) is 11.2. The highest BCUT2D eigenvalue weighted by atomic mass is 32.2. The maximum absolute atomic E-state index is 12.5. The Kier molecular flexibility index (Phi) is 6.39. The summed E-state index contributed by atoms with van der Waals surface area (Å²) in [4.78, 5) is 6.51. The summed E-state index contributed by atoms with van der Waals surface area (Å²) in [5, 5.41) is 0. The molecule has 0 unspecified atom stereocenters. The molecule has 2 aromatic rings. The Labute approximate surface area is 150 Å². The van der Waals surface area contributed by atoms with E-state index in [0.29, 0.717) is 25.5 Å². The van der Waals surface area contributed by atoms with Crippen molar-refractivity contribution in [3.05, 3.63) is 48.2 Å². The van der Waals surface area contributed by atoms with Crippen molar-refractivity contribution in [3.8, 4) is 5.75 Å². The van der Waals surface area contributed by atoms with Crippen LogP contribution in [0, 0.1) is 0 Å². The molecule has 0 aliphatic carbocycles. The molecule has 0 fully saturated rings. The van der Waals surface area contributed by atoms with Crippen molar-refractivity contribution in [2.24, 2.45) is 0 Å². The second kappa shape index (κ2) is 8.31. The third kappa shape index (κ3) is 4.49. The number of nitrogens with zero attached hydrogens (tertiary/aromatic N) is 3. The molecule has 6 nitrogen and oxygen atoms in total. The van der Waals surface area contributed by atoms with Crippen LogP contribution in [0.2, 0.25) is 0 Å². The van der Waals surface area contributed by atoms with Crippen molar-refractivity contribution >= 4 is 15.8 Å². The molecule has 0 saturated heterocycles. The highest BCUT2D eigenvalue weighted by molar-refractivity contribution is 7.89. The molecule has 0 spiro atoms. The van der Waals surface area contributed by atoms with Crippen LogP contribution >= 0.6 is 0 Å². The van der Waals surface area contributed by atoms with Crippen LogP contribution in [0.1, 0.15) is 19.4 Å². The van der Waals surface area contributed by atoms with Gasteiger partial charge in [-0.2, -0.15) is 4.31 Å². The van der Waals surface area contributed by atoms with Crippen LogP contribution in [0.4, 0.5) is 5.82 Å². The molecular weight excluding hydrogens is 338 g/mol. The van der Waals surface area contributed by atoms with Gasteiger partial charge >= 0.3 is 0 Å². The molecule has 0 bridgehead atoms. The molecule has 0 amide bonds. The summed E-state index contributed by atoms with van der Waals surface area (Å²) in [5.74, 6) is 1.53. The van der Waals surface area contributed by atoms with E-state index in [0.717, 1.165) is 11.3 Å². The van der Waals surface area contributed by atoms with E-state index >= 15 is 0 Å². The molecule has 0 N–H and O–H groups in total. The van der Waals surface area contributed by atoms with Gasteiger partial charge in [0.05, 0.1) is 7.11 Å². The third-order valence-corrected chi connectivity index (χ3v) is 6.07. The lowest BCUT2D eigenvalue weighted by Gasteiger charge is -2.20. The molecule has 25 heavy (non-hydrogen) atoms. The average Bonchev–Trinajstić information content (AvgIpc) is 2.63. The highest BCUT2D eigenvalue weighted by Crippen LogP contribution is 2.19.